The minimum Gasteiger partial charge on any atom is -0.410 e. The van der Waals surface area contributed by atoms with Crippen molar-refractivity contribution in [1.29, 1.82) is 0 Å². The largest absolute Gasteiger partial charge is 0.419 e. The summed E-state index contributed by atoms with van der Waals surface area (Å²) in [4.78, 5) is 19.4. The Hall–Kier alpha value is -2.53. The molecule has 0 saturated carbocycles. The van der Waals surface area contributed by atoms with Gasteiger partial charge in [0.1, 0.15) is 5.75 Å². The van der Waals surface area contributed by atoms with E-state index in [0.29, 0.717) is 11.9 Å². The SMILES string of the molecule is CC(C)N(C(=O)Oc1ccc2c(c1)[C@]1(C)CCN(C)[C@@H]1N2C)c1ccccc1. The topological polar surface area (TPSA) is 36.0 Å². The standard InChI is InChI=1S/C23H29N3O2/c1-16(2)26(17-9-7-6-8-10-17)22(27)28-18-11-12-20-19(15-18)23(3)13-14-24(4)21(23)25(20)5/h6-12,15-16,21H,13-14H2,1-5H3/t21-,23+/m1/s1. The molecule has 2 aliphatic rings. The molecule has 0 N–H and O–H groups in total. The Morgan fingerprint density at radius 3 is 2.57 bits per heavy atom. The van der Waals surface area contributed by atoms with Crippen molar-refractivity contribution in [3.05, 3.63) is 54.1 Å². The van der Waals surface area contributed by atoms with E-state index in [4.69, 9.17) is 4.74 Å². The number of para-hydroxylation sites is 1. The number of ether oxygens (including phenoxy) is 1. The zero-order chi connectivity index (χ0) is 20.1. The van der Waals surface area contributed by atoms with Gasteiger partial charge in [0.15, 0.2) is 0 Å². The lowest BCUT2D eigenvalue weighted by molar-refractivity contribution is 0.205. The van der Waals surface area contributed by atoms with Crippen LogP contribution in [0.2, 0.25) is 0 Å². The number of likely N-dealkylation sites (tertiary alicyclic amines) is 1. The highest BCUT2D eigenvalue weighted by Crippen LogP contribution is 2.51. The van der Waals surface area contributed by atoms with Gasteiger partial charge in [0.2, 0.25) is 0 Å². The van der Waals surface area contributed by atoms with Crippen molar-refractivity contribution in [2.45, 2.75) is 44.8 Å². The smallest absolute Gasteiger partial charge is 0.410 e. The molecule has 0 aromatic heterocycles. The maximum absolute atomic E-state index is 13.0. The minimum absolute atomic E-state index is 0.000778. The normalized spacial score (nSPS) is 23.6. The fourth-order valence-corrected chi connectivity index (χ4v) is 4.97. The molecule has 2 aromatic carbocycles. The Bertz CT molecular complexity index is 883. The number of carbonyl (C=O) groups excluding carboxylic acids is 1. The fourth-order valence-electron chi connectivity index (χ4n) is 4.97. The van der Waals surface area contributed by atoms with Gasteiger partial charge < -0.3 is 9.64 Å². The maximum Gasteiger partial charge on any atom is 0.419 e. The molecule has 1 amide bonds. The molecule has 148 valence electrons. The third-order valence-corrected chi connectivity index (χ3v) is 6.25. The number of fused-ring (bicyclic) bond motifs is 3. The van der Waals surface area contributed by atoms with E-state index in [9.17, 15) is 4.79 Å². The molecule has 28 heavy (non-hydrogen) atoms. The number of anilines is 2. The fraction of sp³-hybridized carbons (Fsp3) is 0.435. The summed E-state index contributed by atoms with van der Waals surface area (Å²) in [5.41, 5.74) is 3.39. The molecule has 0 radical (unpaired) electrons. The molecular weight excluding hydrogens is 350 g/mol. The summed E-state index contributed by atoms with van der Waals surface area (Å²) in [6, 6.07) is 15.7. The van der Waals surface area contributed by atoms with Crippen LogP contribution in [-0.2, 0) is 5.41 Å². The van der Waals surface area contributed by atoms with Crippen molar-refractivity contribution in [3.63, 3.8) is 0 Å². The van der Waals surface area contributed by atoms with Gasteiger partial charge in [-0.15, -0.1) is 0 Å². The van der Waals surface area contributed by atoms with E-state index in [0.717, 1.165) is 18.7 Å². The van der Waals surface area contributed by atoms with Crippen LogP contribution in [0.25, 0.3) is 0 Å². The molecule has 4 rings (SSSR count). The van der Waals surface area contributed by atoms with Gasteiger partial charge in [0.05, 0.1) is 6.17 Å². The first-order chi connectivity index (χ1) is 13.3. The molecule has 2 atom stereocenters. The molecule has 1 fully saturated rings. The Morgan fingerprint density at radius 2 is 1.89 bits per heavy atom. The number of likely N-dealkylation sites (N-methyl/N-ethyl adjacent to an activating group) is 2. The van der Waals surface area contributed by atoms with Crippen molar-refractivity contribution in [3.8, 4) is 5.75 Å². The minimum atomic E-state index is -0.349. The van der Waals surface area contributed by atoms with E-state index >= 15 is 0 Å². The molecule has 1 saturated heterocycles. The molecule has 0 spiro atoms. The maximum atomic E-state index is 13.0. The first-order valence-electron chi connectivity index (χ1n) is 9.96. The van der Waals surface area contributed by atoms with Crippen molar-refractivity contribution in [2.75, 3.05) is 30.4 Å². The van der Waals surface area contributed by atoms with Crippen molar-refractivity contribution < 1.29 is 9.53 Å². The van der Waals surface area contributed by atoms with Crippen LogP contribution < -0.4 is 14.5 Å². The van der Waals surface area contributed by atoms with E-state index in [1.165, 1.54) is 11.3 Å². The van der Waals surface area contributed by atoms with Crippen LogP contribution in [0.1, 0.15) is 32.8 Å². The van der Waals surface area contributed by atoms with Gasteiger partial charge in [0, 0.05) is 36.4 Å². The number of carbonyl (C=O) groups is 1. The molecule has 2 aliphatic heterocycles. The molecule has 0 bridgehead atoms. The van der Waals surface area contributed by atoms with Crippen molar-refractivity contribution in [2.24, 2.45) is 0 Å². The van der Waals surface area contributed by atoms with Crippen LogP contribution in [0.15, 0.2) is 48.5 Å². The lowest BCUT2D eigenvalue weighted by atomic mass is 9.81. The number of nitrogens with zero attached hydrogens (tertiary/aromatic N) is 3. The van der Waals surface area contributed by atoms with Gasteiger partial charge in [-0.25, -0.2) is 4.79 Å². The molecule has 0 unspecified atom stereocenters. The summed E-state index contributed by atoms with van der Waals surface area (Å²) in [5, 5.41) is 0. The lowest BCUT2D eigenvalue weighted by Crippen LogP contribution is -2.45. The van der Waals surface area contributed by atoms with Crippen LogP contribution in [0.4, 0.5) is 16.2 Å². The average molecular weight is 380 g/mol. The number of hydrogen-bond acceptors (Lipinski definition) is 4. The molecule has 2 heterocycles. The Labute approximate surface area is 167 Å². The zero-order valence-electron chi connectivity index (χ0n) is 17.3. The highest BCUT2D eigenvalue weighted by molar-refractivity contribution is 5.89. The van der Waals surface area contributed by atoms with Gasteiger partial charge in [-0.2, -0.15) is 0 Å². The summed E-state index contributed by atoms with van der Waals surface area (Å²) in [6.45, 7) is 7.38. The van der Waals surface area contributed by atoms with Gasteiger partial charge in [-0.3, -0.25) is 9.80 Å². The molecule has 5 heteroatoms. The predicted molar refractivity (Wildman–Crippen MR) is 113 cm³/mol. The summed E-state index contributed by atoms with van der Waals surface area (Å²) in [7, 11) is 4.33. The zero-order valence-corrected chi connectivity index (χ0v) is 17.3. The van der Waals surface area contributed by atoms with Gasteiger partial charge >= 0.3 is 6.09 Å². The summed E-state index contributed by atoms with van der Waals surface area (Å²) in [5.74, 6) is 0.607. The van der Waals surface area contributed by atoms with E-state index < -0.39 is 0 Å². The highest BCUT2D eigenvalue weighted by Gasteiger charge is 2.52. The molecule has 2 aromatic rings. The Balaban J connectivity index is 1.62. The number of rotatable bonds is 3. The van der Waals surface area contributed by atoms with Crippen LogP contribution in [0.3, 0.4) is 0 Å². The second kappa shape index (κ2) is 6.82. The van der Waals surface area contributed by atoms with Gasteiger partial charge in [0.25, 0.3) is 0 Å². The first kappa shape index (κ1) is 18.8. The van der Waals surface area contributed by atoms with E-state index in [-0.39, 0.29) is 17.6 Å². The Morgan fingerprint density at radius 1 is 1.18 bits per heavy atom. The number of benzene rings is 2. The summed E-state index contributed by atoms with van der Waals surface area (Å²) < 4.78 is 5.83. The highest BCUT2D eigenvalue weighted by atomic mass is 16.6. The average Bonchev–Trinajstić information content (AvgIpc) is 3.08. The third kappa shape index (κ3) is 2.85. The van der Waals surface area contributed by atoms with E-state index in [2.05, 4.69) is 43.0 Å². The quantitative estimate of drug-likeness (QED) is 0.788. The number of amides is 1. The van der Waals surface area contributed by atoms with E-state index in [1.54, 1.807) is 4.90 Å². The van der Waals surface area contributed by atoms with Crippen molar-refractivity contribution in [1.82, 2.24) is 4.90 Å². The van der Waals surface area contributed by atoms with Crippen molar-refractivity contribution >= 4 is 17.5 Å². The van der Waals surface area contributed by atoms with Gasteiger partial charge in [-0.1, -0.05) is 25.1 Å². The van der Waals surface area contributed by atoms with Crippen LogP contribution in [0, 0.1) is 0 Å². The second-order valence-electron chi connectivity index (χ2n) is 8.48. The summed E-state index contributed by atoms with van der Waals surface area (Å²) in [6.07, 6.45) is 1.10. The number of hydrogen-bond donors (Lipinski definition) is 0. The monoisotopic (exact) mass is 379 g/mol. The van der Waals surface area contributed by atoms with Crippen LogP contribution >= 0.6 is 0 Å². The van der Waals surface area contributed by atoms with Gasteiger partial charge in [-0.05, 0) is 63.2 Å². The summed E-state index contributed by atoms with van der Waals surface area (Å²) >= 11 is 0. The molecular formula is C23H29N3O2. The molecule has 5 nitrogen and oxygen atoms in total. The lowest BCUT2D eigenvalue weighted by Gasteiger charge is -2.32. The second-order valence-corrected chi connectivity index (χ2v) is 8.48. The Kier molecular flexibility index (Phi) is 4.58. The third-order valence-electron chi connectivity index (χ3n) is 6.25. The first-order valence-corrected chi connectivity index (χ1v) is 9.96. The van der Waals surface area contributed by atoms with E-state index in [1.807, 2.05) is 50.2 Å². The van der Waals surface area contributed by atoms with Crippen LogP contribution in [0.5, 0.6) is 5.75 Å². The molecule has 0 aliphatic carbocycles. The predicted octanol–water partition coefficient (Wildman–Crippen LogP) is 4.47. The van der Waals surface area contributed by atoms with Crippen LogP contribution in [-0.4, -0.2) is 43.8 Å².